The van der Waals surface area contributed by atoms with Crippen LogP contribution in [-0.2, 0) is 6.42 Å². The van der Waals surface area contributed by atoms with Crippen molar-refractivity contribution < 1.29 is 0 Å². The smallest absolute Gasteiger partial charge is 0.136 e. The van der Waals surface area contributed by atoms with Gasteiger partial charge in [-0.15, -0.1) is 0 Å². The maximum absolute atomic E-state index is 8.92. The third-order valence-electron chi connectivity index (χ3n) is 2.74. The summed E-state index contributed by atoms with van der Waals surface area (Å²) in [6.45, 7) is 3.94. The first-order valence-corrected chi connectivity index (χ1v) is 6.03. The highest BCUT2D eigenvalue weighted by Gasteiger charge is 2.05. The van der Waals surface area contributed by atoms with Gasteiger partial charge in [-0.2, -0.15) is 5.26 Å². The lowest BCUT2D eigenvalue weighted by Crippen LogP contribution is -2.03. The van der Waals surface area contributed by atoms with Crippen molar-refractivity contribution in [1.29, 1.82) is 5.26 Å². The van der Waals surface area contributed by atoms with E-state index in [1.54, 1.807) is 18.2 Å². The van der Waals surface area contributed by atoms with E-state index in [9.17, 15) is 0 Å². The van der Waals surface area contributed by atoms with Crippen molar-refractivity contribution in [2.24, 2.45) is 0 Å². The van der Waals surface area contributed by atoms with Gasteiger partial charge in [0.05, 0.1) is 11.6 Å². The number of nitrogens with zero attached hydrogens (tertiary/aromatic N) is 3. The van der Waals surface area contributed by atoms with Gasteiger partial charge in [-0.25, -0.2) is 9.97 Å². The van der Waals surface area contributed by atoms with Crippen LogP contribution < -0.4 is 11.1 Å². The number of nitrogens with two attached hydrogens (primary N) is 1. The lowest BCUT2D eigenvalue weighted by Gasteiger charge is -2.10. The van der Waals surface area contributed by atoms with Gasteiger partial charge in [-0.1, -0.05) is 13.0 Å². The minimum absolute atomic E-state index is 0.434. The molecule has 0 saturated heterocycles. The van der Waals surface area contributed by atoms with Crippen LogP contribution >= 0.6 is 0 Å². The van der Waals surface area contributed by atoms with Crippen LogP contribution in [0.2, 0.25) is 0 Å². The SMILES string of the molecule is CCc1nc(N)cc(Nc2cc(C#N)ccc2C)n1. The highest BCUT2D eigenvalue weighted by atomic mass is 15.0. The Balaban J connectivity index is 2.36. The molecule has 1 aromatic carbocycles. The molecule has 0 amide bonds. The lowest BCUT2D eigenvalue weighted by atomic mass is 10.1. The lowest BCUT2D eigenvalue weighted by molar-refractivity contribution is 0.948. The van der Waals surface area contributed by atoms with Gasteiger partial charge in [0.15, 0.2) is 0 Å². The Morgan fingerprint density at radius 3 is 2.79 bits per heavy atom. The molecule has 0 bridgehead atoms. The summed E-state index contributed by atoms with van der Waals surface area (Å²) in [4.78, 5) is 8.48. The summed E-state index contributed by atoms with van der Waals surface area (Å²) >= 11 is 0. The van der Waals surface area contributed by atoms with Crippen molar-refractivity contribution in [3.8, 4) is 6.07 Å². The molecule has 0 atom stereocenters. The number of aromatic nitrogens is 2. The van der Waals surface area contributed by atoms with E-state index in [2.05, 4.69) is 21.4 Å². The number of aryl methyl sites for hydroxylation is 2. The molecular weight excluding hydrogens is 238 g/mol. The zero-order chi connectivity index (χ0) is 13.8. The van der Waals surface area contributed by atoms with Crippen molar-refractivity contribution in [1.82, 2.24) is 9.97 Å². The van der Waals surface area contributed by atoms with Gasteiger partial charge in [-0.05, 0) is 24.6 Å². The zero-order valence-electron chi connectivity index (χ0n) is 10.9. The highest BCUT2D eigenvalue weighted by Crippen LogP contribution is 2.21. The van der Waals surface area contributed by atoms with Gasteiger partial charge in [0.1, 0.15) is 17.5 Å². The van der Waals surface area contributed by atoms with E-state index in [1.807, 2.05) is 19.9 Å². The normalized spacial score (nSPS) is 9.95. The predicted octanol–water partition coefficient (Wildman–Crippen LogP) is 2.54. The number of anilines is 3. The molecule has 5 heteroatoms. The van der Waals surface area contributed by atoms with Gasteiger partial charge in [-0.3, -0.25) is 0 Å². The van der Waals surface area contributed by atoms with Crippen molar-refractivity contribution in [3.05, 3.63) is 41.2 Å². The van der Waals surface area contributed by atoms with Crippen molar-refractivity contribution >= 4 is 17.3 Å². The molecule has 0 aliphatic rings. The van der Waals surface area contributed by atoms with E-state index >= 15 is 0 Å². The van der Waals surface area contributed by atoms with Crippen molar-refractivity contribution in [2.75, 3.05) is 11.1 Å². The fraction of sp³-hybridized carbons (Fsp3) is 0.214. The number of nitrogens with one attached hydrogen (secondary N) is 1. The van der Waals surface area contributed by atoms with E-state index in [0.717, 1.165) is 17.7 Å². The van der Waals surface area contributed by atoms with E-state index < -0.39 is 0 Å². The second kappa shape index (κ2) is 5.36. The van der Waals surface area contributed by atoms with Crippen LogP contribution in [0.15, 0.2) is 24.3 Å². The van der Waals surface area contributed by atoms with Gasteiger partial charge in [0, 0.05) is 18.2 Å². The standard InChI is InChI=1S/C14H15N5/c1-3-13-18-12(16)7-14(19-13)17-11-6-10(8-15)5-4-9(11)2/h4-7H,3H2,1-2H3,(H3,16,17,18,19). The first-order valence-electron chi connectivity index (χ1n) is 6.03. The summed E-state index contributed by atoms with van der Waals surface area (Å²) < 4.78 is 0. The van der Waals surface area contributed by atoms with Crippen LogP contribution in [0, 0.1) is 18.3 Å². The van der Waals surface area contributed by atoms with E-state index in [4.69, 9.17) is 11.0 Å². The molecule has 2 rings (SSSR count). The van der Waals surface area contributed by atoms with Crippen LogP contribution in [0.25, 0.3) is 0 Å². The second-order valence-corrected chi connectivity index (χ2v) is 4.21. The van der Waals surface area contributed by atoms with Gasteiger partial charge in [0.2, 0.25) is 0 Å². The number of benzene rings is 1. The molecule has 1 aromatic heterocycles. The first-order chi connectivity index (χ1) is 9.12. The summed E-state index contributed by atoms with van der Waals surface area (Å²) in [6.07, 6.45) is 0.719. The maximum Gasteiger partial charge on any atom is 0.136 e. The molecular formula is C14H15N5. The summed E-state index contributed by atoms with van der Waals surface area (Å²) in [7, 11) is 0. The monoisotopic (exact) mass is 253 g/mol. The molecule has 19 heavy (non-hydrogen) atoms. The summed E-state index contributed by atoms with van der Waals surface area (Å²) in [5.74, 6) is 1.77. The Bertz CT molecular complexity index is 643. The van der Waals surface area contributed by atoms with Crippen molar-refractivity contribution in [2.45, 2.75) is 20.3 Å². The molecule has 5 nitrogen and oxygen atoms in total. The van der Waals surface area contributed by atoms with E-state index in [1.165, 1.54) is 0 Å². The fourth-order valence-electron chi connectivity index (χ4n) is 1.70. The Kier molecular flexibility index (Phi) is 3.62. The van der Waals surface area contributed by atoms with Crippen LogP contribution in [0.5, 0.6) is 0 Å². The van der Waals surface area contributed by atoms with Crippen LogP contribution in [-0.4, -0.2) is 9.97 Å². The molecule has 0 radical (unpaired) electrons. The molecule has 0 aliphatic heterocycles. The maximum atomic E-state index is 8.92. The summed E-state index contributed by atoms with van der Waals surface area (Å²) in [6, 6.07) is 9.27. The predicted molar refractivity (Wildman–Crippen MR) is 75.0 cm³/mol. The second-order valence-electron chi connectivity index (χ2n) is 4.21. The topological polar surface area (TPSA) is 87.6 Å². The third-order valence-corrected chi connectivity index (χ3v) is 2.74. The zero-order valence-corrected chi connectivity index (χ0v) is 10.9. The molecule has 0 unspecified atom stereocenters. The fourth-order valence-corrected chi connectivity index (χ4v) is 1.70. The number of hydrogen-bond donors (Lipinski definition) is 2. The summed E-state index contributed by atoms with van der Waals surface area (Å²) in [5.41, 5.74) is 8.22. The number of hydrogen-bond acceptors (Lipinski definition) is 5. The number of nitrogen functional groups attached to an aromatic ring is 1. The Labute approximate surface area is 112 Å². The largest absolute Gasteiger partial charge is 0.384 e. The molecule has 3 N–H and O–H groups in total. The molecule has 0 aliphatic carbocycles. The molecule has 0 spiro atoms. The number of rotatable bonds is 3. The molecule has 1 heterocycles. The average Bonchev–Trinajstić information content (AvgIpc) is 2.40. The van der Waals surface area contributed by atoms with Crippen molar-refractivity contribution in [3.63, 3.8) is 0 Å². The van der Waals surface area contributed by atoms with Crippen LogP contribution in [0.4, 0.5) is 17.3 Å². The highest BCUT2D eigenvalue weighted by molar-refractivity contribution is 5.64. The van der Waals surface area contributed by atoms with Gasteiger partial charge >= 0.3 is 0 Å². The van der Waals surface area contributed by atoms with Gasteiger partial charge in [0.25, 0.3) is 0 Å². The Hall–Kier alpha value is -2.61. The molecule has 2 aromatic rings. The first kappa shape index (κ1) is 12.8. The minimum Gasteiger partial charge on any atom is -0.384 e. The minimum atomic E-state index is 0.434. The molecule has 0 saturated carbocycles. The molecule has 0 fully saturated rings. The quantitative estimate of drug-likeness (QED) is 0.877. The summed E-state index contributed by atoms with van der Waals surface area (Å²) in [5, 5.41) is 12.1. The number of nitriles is 1. The van der Waals surface area contributed by atoms with Gasteiger partial charge < -0.3 is 11.1 Å². The third kappa shape index (κ3) is 2.99. The van der Waals surface area contributed by atoms with Crippen LogP contribution in [0.3, 0.4) is 0 Å². The van der Waals surface area contributed by atoms with E-state index in [-0.39, 0.29) is 0 Å². The average molecular weight is 253 g/mol. The Morgan fingerprint density at radius 1 is 1.32 bits per heavy atom. The van der Waals surface area contributed by atoms with E-state index in [0.29, 0.717) is 23.0 Å². The Morgan fingerprint density at radius 2 is 2.11 bits per heavy atom. The van der Waals surface area contributed by atoms with Crippen LogP contribution in [0.1, 0.15) is 23.9 Å². The molecule has 96 valence electrons.